The van der Waals surface area contributed by atoms with E-state index in [1.165, 1.54) is 11.0 Å². The number of aromatic hydroxyl groups is 1. The SMILES string of the molecule is CCOc1cc([C@@H]2C(=C(O)c3ccc(OCC(C)C)c(C)c3)C(=O)C(=O)N2CCCN2CCOCC2)ccc1O. The Labute approximate surface area is 235 Å². The maximum Gasteiger partial charge on any atom is 0.295 e. The second kappa shape index (κ2) is 13.2. The molecule has 4 rings (SSSR count). The first-order valence-electron chi connectivity index (χ1n) is 14.0. The van der Waals surface area contributed by atoms with E-state index in [-0.39, 0.29) is 22.8 Å². The number of aliphatic hydroxyl groups is 1. The molecule has 0 spiro atoms. The molecular weight excluding hydrogens is 512 g/mol. The van der Waals surface area contributed by atoms with Gasteiger partial charge in [0.25, 0.3) is 11.7 Å². The summed E-state index contributed by atoms with van der Waals surface area (Å²) in [5.74, 6) is -0.373. The Morgan fingerprint density at radius 2 is 1.80 bits per heavy atom. The van der Waals surface area contributed by atoms with Crippen LogP contribution in [0.15, 0.2) is 42.0 Å². The van der Waals surface area contributed by atoms with Crippen LogP contribution in [0, 0.1) is 12.8 Å². The Kier molecular flexibility index (Phi) is 9.71. The van der Waals surface area contributed by atoms with Gasteiger partial charge in [-0.15, -0.1) is 0 Å². The monoisotopic (exact) mass is 552 g/mol. The molecule has 2 aromatic rings. The van der Waals surface area contributed by atoms with Crippen LogP contribution in [0.2, 0.25) is 0 Å². The Hall–Kier alpha value is -3.56. The number of aryl methyl sites for hydroxylation is 1. The molecule has 9 nitrogen and oxygen atoms in total. The highest BCUT2D eigenvalue weighted by atomic mass is 16.5. The van der Waals surface area contributed by atoms with Crippen molar-refractivity contribution in [1.29, 1.82) is 0 Å². The van der Waals surface area contributed by atoms with Crippen molar-refractivity contribution in [2.75, 3.05) is 52.6 Å². The van der Waals surface area contributed by atoms with Gasteiger partial charge in [-0.1, -0.05) is 19.9 Å². The summed E-state index contributed by atoms with van der Waals surface area (Å²) in [6.45, 7) is 12.8. The van der Waals surface area contributed by atoms with Crippen molar-refractivity contribution in [2.24, 2.45) is 5.92 Å². The van der Waals surface area contributed by atoms with E-state index in [0.29, 0.717) is 62.2 Å². The lowest BCUT2D eigenvalue weighted by Crippen LogP contribution is -2.38. The molecule has 2 aromatic carbocycles. The number of nitrogens with zero attached hydrogens (tertiary/aromatic N) is 2. The number of ketones is 1. The summed E-state index contributed by atoms with van der Waals surface area (Å²) in [6, 6.07) is 9.17. The first-order valence-corrected chi connectivity index (χ1v) is 14.0. The van der Waals surface area contributed by atoms with Gasteiger partial charge in [0.1, 0.15) is 11.5 Å². The van der Waals surface area contributed by atoms with Crippen LogP contribution in [0.3, 0.4) is 0 Å². The third kappa shape index (κ3) is 6.59. The minimum Gasteiger partial charge on any atom is -0.507 e. The number of amides is 1. The molecule has 2 heterocycles. The topological polar surface area (TPSA) is 109 Å². The quantitative estimate of drug-likeness (QED) is 0.242. The smallest absolute Gasteiger partial charge is 0.295 e. The van der Waals surface area contributed by atoms with Crippen LogP contribution in [-0.4, -0.2) is 84.3 Å². The zero-order valence-corrected chi connectivity index (χ0v) is 23.8. The van der Waals surface area contributed by atoms with Crippen LogP contribution in [0.1, 0.15) is 49.9 Å². The van der Waals surface area contributed by atoms with Gasteiger partial charge >= 0.3 is 0 Å². The van der Waals surface area contributed by atoms with Crippen molar-refractivity contribution in [1.82, 2.24) is 9.80 Å². The number of phenols is 1. The van der Waals surface area contributed by atoms with E-state index in [0.717, 1.165) is 25.2 Å². The third-order valence-corrected chi connectivity index (χ3v) is 7.14. The number of hydrogen-bond acceptors (Lipinski definition) is 8. The lowest BCUT2D eigenvalue weighted by Gasteiger charge is -2.29. The summed E-state index contributed by atoms with van der Waals surface area (Å²) in [5.41, 5.74) is 1.82. The molecule has 216 valence electrons. The number of Topliss-reactive ketones (excluding diaryl/α,β-unsaturated/α-hetero) is 1. The number of hydrogen-bond donors (Lipinski definition) is 2. The molecule has 0 aliphatic carbocycles. The lowest BCUT2D eigenvalue weighted by molar-refractivity contribution is -0.140. The van der Waals surface area contributed by atoms with Gasteiger partial charge in [0, 0.05) is 31.7 Å². The molecule has 0 saturated carbocycles. The molecule has 0 aromatic heterocycles. The molecule has 2 fully saturated rings. The molecule has 0 bridgehead atoms. The largest absolute Gasteiger partial charge is 0.507 e. The molecular formula is C31H40N2O7. The molecule has 9 heteroatoms. The molecule has 1 atom stereocenters. The second-order valence-corrected chi connectivity index (χ2v) is 10.6. The Bertz CT molecular complexity index is 1250. The van der Waals surface area contributed by atoms with Gasteiger partial charge in [0.05, 0.1) is 38.0 Å². The lowest BCUT2D eigenvalue weighted by atomic mass is 9.94. The molecule has 0 radical (unpaired) electrons. The molecule has 0 unspecified atom stereocenters. The van der Waals surface area contributed by atoms with Crippen LogP contribution in [0.5, 0.6) is 17.2 Å². The minimum absolute atomic E-state index is 0.0137. The van der Waals surface area contributed by atoms with Gasteiger partial charge in [-0.05, 0) is 67.6 Å². The average molecular weight is 553 g/mol. The fourth-order valence-electron chi connectivity index (χ4n) is 5.09. The van der Waals surface area contributed by atoms with Crippen LogP contribution in [0.4, 0.5) is 0 Å². The maximum absolute atomic E-state index is 13.4. The number of likely N-dealkylation sites (tertiary alicyclic amines) is 1. The summed E-state index contributed by atoms with van der Waals surface area (Å²) in [4.78, 5) is 30.6. The Morgan fingerprint density at radius 1 is 1.05 bits per heavy atom. The van der Waals surface area contributed by atoms with Crippen LogP contribution >= 0.6 is 0 Å². The Morgan fingerprint density at radius 3 is 2.48 bits per heavy atom. The number of ether oxygens (including phenoxy) is 3. The predicted molar refractivity (Wildman–Crippen MR) is 152 cm³/mol. The van der Waals surface area contributed by atoms with E-state index in [1.54, 1.807) is 37.3 Å². The highest BCUT2D eigenvalue weighted by Crippen LogP contribution is 2.42. The number of carbonyl (C=O) groups is 2. The first-order chi connectivity index (χ1) is 19.2. The van der Waals surface area contributed by atoms with E-state index in [9.17, 15) is 19.8 Å². The van der Waals surface area contributed by atoms with Gasteiger partial charge < -0.3 is 29.3 Å². The molecule has 2 N–H and O–H groups in total. The summed E-state index contributed by atoms with van der Waals surface area (Å²) in [5, 5.41) is 21.8. The minimum atomic E-state index is -0.832. The maximum atomic E-state index is 13.4. The predicted octanol–water partition coefficient (Wildman–Crippen LogP) is 4.28. The number of rotatable bonds is 11. The van der Waals surface area contributed by atoms with E-state index in [1.807, 2.05) is 6.92 Å². The van der Waals surface area contributed by atoms with Crippen molar-refractivity contribution in [3.63, 3.8) is 0 Å². The van der Waals surface area contributed by atoms with Crippen LogP contribution < -0.4 is 9.47 Å². The molecule has 40 heavy (non-hydrogen) atoms. The molecule has 1 amide bonds. The molecule has 2 aliphatic rings. The second-order valence-electron chi connectivity index (χ2n) is 10.6. The van der Waals surface area contributed by atoms with Gasteiger partial charge in [-0.2, -0.15) is 0 Å². The van der Waals surface area contributed by atoms with Crippen LogP contribution in [-0.2, 0) is 14.3 Å². The van der Waals surface area contributed by atoms with Crippen molar-refractivity contribution in [3.05, 3.63) is 58.7 Å². The van der Waals surface area contributed by atoms with Gasteiger partial charge in [0.2, 0.25) is 0 Å². The highest BCUT2D eigenvalue weighted by molar-refractivity contribution is 6.46. The number of aliphatic hydroxyl groups excluding tert-OH is 1. The normalized spacial score (nSPS) is 19.4. The fraction of sp³-hybridized carbons (Fsp3) is 0.484. The van der Waals surface area contributed by atoms with Crippen molar-refractivity contribution >= 4 is 17.4 Å². The zero-order chi connectivity index (χ0) is 28.8. The van der Waals surface area contributed by atoms with E-state index in [2.05, 4.69) is 18.7 Å². The number of morpholine rings is 1. The number of phenolic OH excluding ortho intramolecular Hbond substituents is 1. The van der Waals surface area contributed by atoms with E-state index in [4.69, 9.17) is 14.2 Å². The number of benzene rings is 2. The standard InChI is InChI=1S/C31H40N2O7/c1-5-39-26-18-22(7-9-24(26)34)28-27(29(35)23-8-10-25(21(4)17-23)40-19-20(2)3)30(36)31(37)33(28)12-6-11-32-13-15-38-16-14-32/h7-10,17-18,20,28,34-35H,5-6,11-16,19H2,1-4H3/t28-/m1/s1. The summed E-state index contributed by atoms with van der Waals surface area (Å²) < 4.78 is 16.9. The van der Waals surface area contributed by atoms with Gasteiger partial charge in [0.15, 0.2) is 11.5 Å². The van der Waals surface area contributed by atoms with Gasteiger partial charge in [-0.3, -0.25) is 14.5 Å². The summed E-state index contributed by atoms with van der Waals surface area (Å²) >= 11 is 0. The Balaban J connectivity index is 1.70. The van der Waals surface area contributed by atoms with Gasteiger partial charge in [-0.25, -0.2) is 0 Å². The molecule has 2 saturated heterocycles. The van der Waals surface area contributed by atoms with Crippen molar-refractivity contribution in [3.8, 4) is 17.2 Å². The summed E-state index contributed by atoms with van der Waals surface area (Å²) in [6.07, 6.45) is 0.654. The van der Waals surface area contributed by atoms with Crippen LogP contribution in [0.25, 0.3) is 5.76 Å². The van der Waals surface area contributed by atoms with Crippen molar-refractivity contribution in [2.45, 2.75) is 40.2 Å². The van der Waals surface area contributed by atoms with E-state index < -0.39 is 17.7 Å². The zero-order valence-electron chi connectivity index (χ0n) is 23.8. The summed E-state index contributed by atoms with van der Waals surface area (Å²) in [7, 11) is 0. The third-order valence-electron chi connectivity index (χ3n) is 7.14. The average Bonchev–Trinajstić information content (AvgIpc) is 3.19. The highest BCUT2D eigenvalue weighted by Gasteiger charge is 2.46. The fourth-order valence-corrected chi connectivity index (χ4v) is 5.09. The van der Waals surface area contributed by atoms with Crippen molar-refractivity contribution < 1.29 is 34.0 Å². The molecule has 2 aliphatic heterocycles. The first kappa shape index (κ1) is 29.4. The van der Waals surface area contributed by atoms with E-state index >= 15 is 0 Å². The number of carbonyl (C=O) groups excluding carboxylic acids is 2.